The maximum Gasteiger partial charge on any atom is 0.302 e. The van der Waals surface area contributed by atoms with Crippen LogP contribution in [-0.2, 0) is 16.1 Å². The predicted molar refractivity (Wildman–Crippen MR) is 72.1 cm³/mol. The highest BCUT2D eigenvalue weighted by atomic mass is 28.3. The maximum atomic E-state index is 10.7. The lowest BCUT2D eigenvalue weighted by Gasteiger charge is -2.04. The average molecular weight is 246 g/mol. The summed E-state index contributed by atoms with van der Waals surface area (Å²) in [5.74, 6) is 2.92. The lowest BCUT2D eigenvalue weighted by atomic mass is 10.1. The molecule has 90 valence electrons. The molecule has 0 saturated heterocycles. The minimum Gasteiger partial charge on any atom is -0.461 e. The summed E-state index contributed by atoms with van der Waals surface area (Å²) in [6.45, 7) is 8.39. The fraction of sp³-hybridized carbons (Fsp3) is 0.357. The smallest absolute Gasteiger partial charge is 0.302 e. The van der Waals surface area contributed by atoms with E-state index in [-0.39, 0.29) is 5.97 Å². The molecule has 0 aliphatic carbocycles. The molecule has 0 atom stereocenters. The Bertz CT molecular complexity index is 444. The first kappa shape index (κ1) is 13.5. The molecule has 1 rings (SSSR count). The van der Waals surface area contributed by atoms with Gasteiger partial charge in [-0.05, 0) is 17.7 Å². The summed E-state index contributed by atoms with van der Waals surface area (Å²) in [6, 6.07) is 7.81. The summed E-state index contributed by atoms with van der Waals surface area (Å²) in [5.41, 5.74) is 5.31. The quantitative estimate of drug-likeness (QED) is 0.455. The van der Waals surface area contributed by atoms with E-state index < -0.39 is 8.07 Å². The summed E-state index contributed by atoms with van der Waals surface area (Å²) in [5, 5.41) is 0. The average Bonchev–Trinajstić information content (AvgIpc) is 2.24. The van der Waals surface area contributed by atoms with Crippen molar-refractivity contribution < 1.29 is 9.53 Å². The number of hydrogen-bond acceptors (Lipinski definition) is 2. The van der Waals surface area contributed by atoms with Crippen LogP contribution in [0.3, 0.4) is 0 Å². The van der Waals surface area contributed by atoms with Crippen LogP contribution in [0.4, 0.5) is 0 Å². The molecule has 0 amide bonds. The molecule has 0 fully saturated rings. The van der Waals surface area contributed by atoms with Crippen molar-refractivity contribution in [2.24, 2.45) is 0 Å². The number of hydrogen-bond donors (Lipinski definition) is 0. The van der Waals surface area contributed by atoms with Crippen molar-refractivity contribution in [3.63, 3.8) is 0 Å². The monoisotopic (exact) mass is 246 g/mol. The lowest BCUT2D eigenvalue weighted by Crippen LogP contribution is -2.16. The second-order valence-corrected chi connectivity index (χ2v) is 9.73. The predicted octanol–water partition coefficient (Wildman–Crippen LogP) is 2.98. The Morgan fingerprint density at radius 1 is 1.24 bits per heavy atom. The van der Waals surface area contributed by atoms with E-state index in [1.165, 1.54) is 6.92 Å². The molecule has 0 N–H and O–H groups in total. The first-order chi connectivity index (χ1) is 7.87. The second kappa shape index (κ2) is 5.69. The Labute approximate surface area is 104 Å². The van der Waals surface area contributed by atoms with Gasteiger partial charge in [-0.1, -0.05) is 37.7 Å². The third-order valence-electron chi connectivity index (χ3n) is 1.98. The molecule has 17 heavy (non-hydrogen) atoms. The van der Waals surface area contributed by atoms with Gasteiger partial charge in [-0.15, -0.1) is 5.54 Å². The zero-order valence-corrected chi connectivity index (χ0v) is 11.8. The van der Waals surface area contributed by atoms with Crippen molar-refractivity contribution in [1.29, 1.82) is 0 Å². The molecule has 2 nitrogen and oxygen atoms in total. The number of carbonyl (C=O) groups is 1. The summed E-state index contributed by atoms with van der Waals surface area (Å²) >= 11 is 0. The Morgan fingerprint density at radius 2 is 1.82 bits per heavy atom. The van der Waals surface area contributed by atoms with Crippen LogP contribution < -0.4 is 0 Å². The third-order valence-corrected chi connectivity index (χ3v) is 2.85. The third kappa shape index (κ3) is 5.93. The Hall–Kier alpha value is -1.53. The van der Waals surface area contributed by atoms with Crippen LogP contribution in [0.2, 0.25) is 19.6 Å². The van der Waals surface area contributed by atoms with Gasteiger partial charge in [-0.25, -0.2) is 0 Å². The molecule has 0 aliphatic heterocycles. The van der Waals surface area contributed by atoms with Crippen molar-refractivity contribution in [2.45, 2.75) is 33.2 Å². The lowest BCUT2D eigenvalue weighted by molar-refractivity contribution is -0.142. The van der Waals surface area contributed by atoms with Gasteiger partial charge >= 0.3 is 5.97 Å². The van der Waals surface area contributed by atoms with E-state index in [2.05, 4.69) is 31.1 Å². The molecule has 0 unspecified atom stereocenters. The van der Waals surface area contributed by atoms with Gasteiger partial charge in [0.2, 0.25) is 0 Å². The van der Waals surface area contributed by atoms with Gasteiger partial charge in [-0.3, -0.25) is 4.79 Å². The van der Waals surface area contributed by atoms with Crippen molar-refractivity contribution in [3.8, 4) is 11.5 Å². The van der Waals surface area contributed by atoms with Gasteiger partial charge in [-0.2, -0.15) is 0 Å². The second-order valence-electron chi connectivity index (χ2n) is 4.98. The number of ether oxygens (including phenoxy) is 1. The molecule has 0 heterocycles. The van der Waals surface area contributed by atoms with E-state index >= 15 is 0 Å². The van der Waals surface area contributed by atoms with Gasteiger partial charge in [0, 0.05) is 12.5 Å². The zero-order chi connectivity index (χ0) is 12.9. The normalized spacial score (nSPS) is 10.4. The van der Waals surface area contributed by atoms with Gasteiger partial charge in [0.15, 0.2) is 0 Å². The topological polar surface area (TPSA) is 26.3 Å². The summed E-state index contributed by atoms with van der Waals surface area (Å²) in [4.78, 5) is 10.7. The molecule has 1 aromatic rings. The van der Waals surface area contributed by atoms with E-state index in [0.29, 0.717) is 6.61 Å². The van der Waals surface area contributed by atoms with Crippen LogP contribution in [0.25, 0.3) is 0 Å². The highest BCUT2D eigenvalue weighted by molar-refractivity contribution is 6.83. The molecule has 0 bridgehead atoms. The SMILES string of the molecule is CC(=O)OCc1ccc(C#C[Si](C)(C)C)cc1. The number of benzene rings is 1. The Kier molecular flexibility index (Phi) is 4.53. The molecular formula is C14H18O2Si. The van der Waals surface area contributed by atoms with Crippen molar-refractivity contribution in [2.75, 3.05) is 0 Å². The number of rotatable bonds is 2. The molecule has 0 spiro atoms. The maximum absolute atomic E-state index is 10.7. The molecule has 0 saturated carbocycles. The molecule has 3 heteroatoms. The molecule has 0 aromatic heterocycles. The van der Waals surface area contributed by atoms with Gasteiger partial charge < -0.3 is 4.74 Å². The largest absolute Gasteiger partial charge is 0.461 e. The fourth-order valence-corrected chi connectivity index (χ4v) is 1.65. The van der Waals surface area contributed by atoms with Crippen LogP contribution in [0.15, 0.2) is 24.3 Å². The Balaban J connectivity index is 2.67. The van der Waals surface area contributed by atoms with E-state index in [0.717, 1.165) is 11.1 Å². The van der Waals surface area contributed by atoms with E-state index in [1.54, 1.807) is 0 Å². The standard InChI is InChI=1S/C14H18O2Si/c1-12(15)16-11-14-7-5-13(6-8-14)9-10-17(2,3)4/h5-8H,11H2,1-4H3. The number of esters is 1. The summed E-state index contributed by atoms with van der Waals surface area (Å²) in [7, 11) is -1.31. The van der Waals surface area contributed by atoms with Gasteiger partial charge in [0.25, 0.3) is 0 Å². The van der Waals surface area contributed by atoms with Crippen molar-refractivity contribution >= 4 is 14.0 Å². The highest BCUT2D eigenvalue weighted by Gasteiger charge is 2.07. The van der Waals surface area contributed by atoms with E-state index in [4.69, 9.17) is 4.74 Å². The first-order valence-electron chi connectivity index (χ1n) is 5.62. The Morgan fingerprint density at radius 3 is 2.29 bits per heavy atom. The van der Waals surface area contributed by atoms with Gasteiger partial charge in [0.05, 0.1) is 0 Å². The van der Waals surface area contributed by atoms with Crippen LogP contribution in [0.5, 0.6) is 0 Å². The van der Waals surface area contributed by atoms with Crippen LogP contribution in [0, 0.1) is 11.5 Å². The number of carbonyl (C=O) groups excluding carboxylic acids is 1. The van der Waals surface area contributed by atoms with Crippen LogP contribution >= 0.6 is 0 Å². The first-order valence-corrected chi connectivity index (χ1v) is 9.12. The van der Waals surface area contributed by atoms with Crippen molar-refractivity contribution in [3.05, 3.63) is 35.4 Å². The van der Waals surface area contributed by atoms with Gasteiger partial charge in [0.1, 0.15) is 14.7 Å². The summed E-state index contributed by atoms with van der Waals surface area (Å²) in [6.07, 6.45) is 0. The molecule has 1 aromatic carbocycles. The summed E-state index contributed by atoms with van der Waals surface area (Å²) < 4.78 is 4.91. The van der Waals surface area contributed by atoms with E-state index in [1.807, 2.05) is 24.3 Å². The van der Waals surface area contributed by atoms with Crippen LogP contribution in [0.1, 0.15) is 18.1 Å². The molecule has 0 aliphatic rings. The van der Waals surface area contributed by atoms with E-state index in [9.17, 15) is 4.79 Å². The highest BCUT2D eigenvalue weighted by Crippen LogP contribution is 2.06. The molecule has 0 radical (unpaired) electrons. The minimum absolute atomic E-state index is 0.257. The van der Waals surface area contributed by atoms with Crippen molar-refractivity contribution in [1.82, 2.24) is 0 Å². The van der Waals surface area contributed by atoms with Crippen LogP contribution in [-0.4, -0.2) is 14.0 Å². The zero-order valence-electron chi connectivity index (χ0n) is 10.8. The fourth-order valence-electron chi connectivity index (χ4n) is 1.13. The molecular weight excluding hydrogens is 228 g/mol. The minimum atomic E-state index is -1.31.